The van der Waals surface area contributed by atoms with Crippen molar-refractivity contribution in [2.75, 3.05) is 0 Å². The zero-order chi connectivity index (χ0) is 11.0. The Labute approximate surface area is 95.2 Å². The molecule has 1 aliphatic rings. The fourth-order valence-electron chi connectivity index (χ4n) is 2.28. The van der Waals surface area contributed by atoms with Gasteiger partial charge in [-0.15, -0.1) is 0 Å². The standard InChI is InChI=1S/C13H15N3/c1-10-2-3-13-15-12(9-16(13)8-10)11-4-6-14-7-5-11/h4-7,9-10H,2-3,8H2,1H3/t10-/m0/s1. The van der Waals surface area contributed by atoms with E-state index < -0.39 is 0 Å². The predicted octanol–water partition coefficient (Wildman–Crippen LogP) is 2.53. The average molecular weight is 213 g/mol. The molecular weight excluding hydrogens is 198 g/mol. The van der Waals surface area contributed by atoms with Gasteiger partial charge in [-0.1, -0.05) is 6.92 Å². The Morgan fingerprint density at radius 3 is 2.94 bits per heavy atom. The summed E-state index contributed by atoms with van der Waals surface area (Å²) in [6, 6.07) is 4.02. The third kappa shape index (κ3) is 1.62. The topological polar surface area (TPSA) is 30.7 Å². The van der Waals surface area contributed by atoms with E-state index in [4.69, 9.17) is 4.98 Å². The summed E-state index contributed by atoms with van der Waals surface area (Å²) in [6.45, 7) is 3.41. The minimum absolute atomic E-state index is 0.770. The van der Waals surface area contributed by atoms with Crippen molar-refractivity contribution in [1.82, 2.24) is 14.5 Å². The average Bonchev–Trinajstić information content (AvgIpc) is 2.73. The molecule has 0 aromatic carbocycles. The Morgan fingerprint density at radius 1 is 1.31 bits per heavy atom. The predicted molar refractivity (Wildman–Crippen MR) is 62.9 cm³/mol. The highest BCUT2D eigenvalue weighted by Gasteiger charge is 2.17. The number of aromatic nitrogens is 3. The lowest BCUT2D eigenvalue weighted by molar-refractivity contribution is 0.394. The molecule has 16 heavy (non-hydrogen) atoms. The molecule has 2 aromatic heterocycles. The van der Waals surface area contributed by atoms with Crippen LogP contribution in [-0.2, 0) is 13.0 Å². The molecule has 3 heterocycles. The van der Waals surface area contributed by atoms with E-state index in [9.17, 15) is 0 Å². The van der Waals surface area contributed by atoms with Crippen LogP contribution in [0.4, 0.5) is 0 Å². The summed E-state index contributed by atoms with van der Waals surface area (Å²) < 4.78 is 2.30. The van der Waals surface area contributed by atoms with Gasteiger partial charge in [-0.05, 0) is 24.5 Å². The van der Waals surface area contributed by atoms with E-state index in [1.54, 1.807) is 0 Å². The van der Waals surface area contributed by atoms with E-state index in [0.717, 1.165) is 30.1 Å². The first-order valence-corrected chi connectivity index (χ1v) is 5.79. The maximum Gasteiger partial charge on any atom is 0.109 e. The molecule has 1 atom stereocenters. The molecule has 3 heteroatoms. The van der Waals surface area contributed by atoms with Gasteiger partial charge in [0.15, 0.2) is 0 Å². The Kier molecular flexibility index (Phi) is 2.24. The summed E-state index contributed by atoms with van der Waals surface area (Å²) in [5.74, 6) is 2.00. The molecule has 3 nitrogen and oxygen atoms in total. The van der Waals surface area contributed by atoms with Gasteiger partial charge in [0.05, 0.1) is 5.69 Å². The molecule has 0 fully saturated rings. The second-order valence-electron chi connectivity index (χ2n) is 4.57. The largest absolute Gasteiger partial charge is 0.334 e. The van der Waals surface area contributed by atoms with Gasteiger partial charge in [0, 0.05) is 37.1 Å². The molecule has 0 saturated carbocycles. The molecule has 3 rings (SSSR count). The Bertz CT molecular complexity index is 487. The summed E-state index contributed by atoms with van der Waals surface area (Å²) in [6.07, 6.45) is 8.16. The number of imidazole rings is 1. The number of fused-ring (bicyclic) bond motifs is 1. The smallest absolute Gasteiger partial charge is 0.109 e. The van der Waals surface area contributed by atoms with Gasteiger partial charge in [0.25, 0.3) is 0 Å². The van der Waals surface area contributed by atoms with E-state index in [1.807, 2.05) is 24.5 Å². The second-order valence-corrected chi connectivity index (χ2v) is 4.57. The van der Waals surface area contributed by atoms with Crippen molar-refractivity contribution in [3.63, 3.8) is 0 Å². The van der Waals surface area contributed by atoms with Crippen LogP contribution in [-0.4, -0.2) is 14.5 Å². The van der Waals surface area contributed by atoms with Crippen LogP contribution in [0.1, 0.15) is 19.2 Å². The third-order valence-corrected chi connectivity index (χ3v) is 3.20. The van der Waals surface area contributed by atoms with E-state index >= 15 is 0 Å². The molecule has 0 amide bonds. The quantitative estimate of drug-likeness (QED) is 0.728. The first-order chi connectivity index (χ1) is 7.83. The number of aryl methyl sites for hydroxylation is 1. The lowest BCUT2D eigenvalue weighted by Crippen LogP contribution is -2.17. The first kappa shape index (κ1) is 9.58. The number of hydrogen-bond donors (Lipinski definition) is 0. The molecular formula is C13H15N3. The zero-order valence-electron chi connectivity index (χ0n) is 9.43. The Hall–Kier alpha value is -1.64. The molecule has 0 aliphatic carbocycles. The molecule has 0 radical (unpaired) electrons. The van der Waals surface area contributed by atoms with Crippen molar-refractivity contribution in [3.8, 4) is 11.3 Å². The van der Waals surface area contributed by atoms with Gasteiger partial charge < -0.3 is 4.57 Å². The summed E-state index contributed by atoms with van der Waals surface area (Å²) in [4.78, 5) is 8.72. The lowest BCUT2D eigenvalue weighted by Gasteiger charge is -2.19. The Balaban J connectivity index is 1.99. The molecule has 0 N–H and O–H groups in total. The number of pyridine rings is 1. The van der Waals surface area contributed by atoms with E-state index in [1.165, 1.54) is 12.2 Å². The van der Waals surface area contributed by atoms with Gasteiger partial charge in [-0.25, -0.2) is 4.98 Å². The maximum atomic E-state index is 4.69. The highest BCUT2D eigenvalue weighted by molar-refractivity contribution is 5.57. The zero-order valence-corrected chi connectivity index (χ0v) is 9.43. The van der Waals surface area contributed by atoms with Crippen molar-refractivity contribution < 1.29 is 0 Å². The molecule has 0 unspecified atom stereocenters. The SMILES string of the molecule is C[C@H]1CCc2nc(-c3ccncc3)cn2C1. The van der Waals surface area contributed by atoms with Crippen molar-refractivity contribution in [2.45, 2.75) is 26.3 Å². The second kappa shape index (κ2) is 3.74. The highest BCUT2D eigenvalue weighted by atomic mass is 15.1. The van der Waals surface area contributed by atoms with Gasteiger partial charge >= 0.3 is 0 Å². The van der Waals surface area contributed by atoms with Crippen LogP contribution in [0.3, 0.4) is 0 Å². The van der Waals surface area contributed by atoms with Crippen molar-refractivity contribution in [1.29, 1.82) is 0 Å². The molecule has 0 spiro atoms. The summed E-state index contributed by atoms with van der Waals surface area (Å²) >= 11 is 0. The van der Waals surface area contributed by atoms with Crippen LogP contribution in [0.25, 0.3) is 11.3 Å². The summed E-state index contributed by atoms with van der Waals surface area (Å²) in [5.41, 5.74) is 2.23. The van der Waals surface area contributed by atoms with Crippen molar-refractivity contribution >= 4 is 0 Å². The number of hydrogen-bond acceptors (Lipinski definition) is 2. The van der Waals surface area contributed by atoms with Crippen LogP contribution in [0.15, 0.2) is 30.7 Å². The molecule has 82 valence electrons. The van der Waals surface area contributed by atoms with Gasteiger partial charge in [0.1, 0.15) is 5.82 Å². The third-order valence-electron chi connectivity index (χ3n) is 3.20. The fraction of sp³-hybridized carbons (Fsp3) is 0.385. The molecule has 0 saturated heterocycles. The van der Waals surface area contributed by atoms with Gasteiger partial charge in [0.2, 0.25) is 0 Å². The van der Waals surface area contributed by atoms with Crippen LogP contribution < -0.4 is 0 Å². The molecule has 1 aliphatic heterocycles. The Morgan fingerprint density at radius 2 is 2.12 bits per heavy atom. The normalized spacial score (nSPS) is 19.4. The van der Waals surface area contributed by atoms with Crippen LogP contribution in [0.2, 0.25) is 0 Å². The summed E-state index contributed by atoms with van der Waals surface area (Å²) in [5, 5.41) is 0. The number of nitrogens with zero attached hydrogens (tertiary/aromatic N) is 3. The van der Waals surface area contributed by atoms with Crippen LogP contribution in [0.5, 0.6) is 0 Å². The number of rotatable bonds is 1. The molecule has 2 aromatic rings. The van der Waals surface area contributed by atoms with Crippen molar-refractivity contribution in [2.24, 2.45) is 5.92 Å². The molecule has 0 bridgehead atoms. The highest BCUT2D eigenvalue weighted by Crippen LogP contribution is 2.24. The minimum Gasteiger partial charge on any atom is -0.334 e. The fourth-order valence-corrected chi connectivity index (χ4v) is 2.28. The van der Waals surface area contributed by atoms with Crippen LogP contribution >= 0.6 is 0 Å². The monoisotopic (exact) mass is 213 g/mol. The van der Waals surface area contributed by atoms with Crippen LogP contribution in [0, 0.1) is 5.92 Å². The van der Waals surface area contributed by atoms with E-state index in [0.29, 0.717) is 0 Å². The maximum absolute atomic E-state index is 4.69. The van der Waals surface area contributed by atoms with E-state index in [2.05, 4.69) is 22.7 Å². The summed E-state index contributed by atoms with van der Waals surface area (Å²) in [7, 11) is 0. The lowest BCUT2D eigenvalue weighted by atomic mass is 10.0. The van der Waals surface area contributed by atoms with Gasteiger partial charge in [-0.2, -0.15) is 0 Å². The van der Waals surface area contributed by atoms with E-state index in [-0.39, 0.29) is 0 Å². The minimum atomic E-state index is 0.770. The first-order valence-electron chi connectivity index (χ1n) is 5.79. The van der Waals surface area contributed by atoms with Crippen molar-refractivity contribution in [3.05, 3.63) is 36.5 Å². The van der Waals surface area contributed by atoms with Gasteiger partial charge in [-0.3, -0.25) is 4.98 Å².